The summed E-state index contributed by atoms with van der Waals surface area (Å²) in [7, 11) is 0. The standard InChI is InChI=1S/C15H22N4O4/c1-3-5-7-12(8-6-4-2)16-17-14-10-9-13(18(20)21)11-15(14)19(22)23/h9-11,17H,3-8H2,1-2H3. The SMILES string of the molecule is CCCCC(CCCC)=NNc1ccc([N+](=O)[O-])cc1[N+](=O)[O-]. The topological polar surface area (TPSA) is 111 Å². The fourth-order valence-electron chi connectivity index (χ4n) is 2.02. The number of nitrogens with zero attached hydrogens (tertiary/aromatic N) is 3. The van der Waals surface area contributed by atoms with Gasteiger partial charge in [0.05, 0.1) is 15.9 Å². The molecule has 0 atom stereocenters. The Morgan fingerprint density at radius 2 is 1.70 bits per heavy atom. The van der Waals surface area contributed by atoms with Gasteiger partial charge in [-0.3, -0.25) is 25.7 Å². The van der Waals surface area contributed by atoms with Crippen molar-refractivity contribution in [2.24, 2.45) is 5.10 Å². The molecular formula is C15H22N4O4. The first-order valence-electron chi connectivity index (χ1n) is 7.73. The minimum Gasteiger partial charge on any atom is -0.272 e. The molecule has 0 aromatic heterocycles. The maximum atomic E-state index is 11.1. The molecule has 0 spiro atoms. The van der Waals surface area contributed by atoms with E-state index in [0.29, 0.717) is 0 Å². The van der Waals surface area contributed by atoms with E-state index in [-0.39, 0.29) is 17.1 Å². The van der Waals surface area contributed by atoms with Crippen LogP contribution in [0.25, 0.3) is 0 Å². The zero-order valence-corrected chi connectivity index (χ0v) is 13.4. The lowest BCUT2D eigenvalue weighted by Gasteiger charge is -2.07. The van der Waals surface area contributed by atoms with E-state index < -0.39 is 9.85 Å². The summed E-state index contributed by atoms with van der Waals surface area (Å²) in [5.74, 6) is 0. The summed E-state index contributed by atoms with van der Waals surface area (Å²) in [6.07, 6.45) is 5.78. The van der Waals surface area contributed by atoms with Crippen molar-refractivity contribution in [2.75, 3.05) is 5.43 Å². The van der Waals surface area contributed by atoms with Crippen LogP contribution in [0.2, 0.25) is 0 Å². The minimum absolute atomic E-state index is 0.158. The molecule has 0 heterocycles. The number of rotatable bonds is 10. The molecule has 23 heavy (non-hydrogen) atoms. The molecule has 1 aromatic carbocycles. The van der Waals surface area contributed by atoms with Crippen molar-refractivity contribution >= 4 is 22.8 Å². The predicted octanol–water partition coefficient (Wildman–Crippen LogP) is 4.65. The average Bonchev–Trinajstić information content (AvgIpc) is 2.53. The minimum atomic E-state index is -0.659. The second-order valence-electron chi connectivity index (χ2n) is 5.21. The molecule has 0 aliphatic rings. The van der Waals surface area contributed by atoms with Gasteiger partial charge in [0.25, 0.3) is 5.69 Å². The van der Waals surface area contributed by atoms with E-state index in [9.17, 15) is 20.2 Å². The first kappa shape index (κ1) is 18.5. The van der Waals surface area contributed by atoms with Gasteiger partial charge in [-0.25, -0.2) is 0 Å². The normalized spacial score (nSPS) is 10.2. The zero-order valence-electron chi connectivity index (χ0n) is 13.4. The van der Waals surface area contributed by atoms with E-state index in [4.69, 9.17) is 0 Å². The highest BCUT2D eigenvalue weighted by Gasteiger charge is 2.19. The lowest BCUT2D eigenvalue weighted by molar-refractivity contribution is -0.393. The van der Waals surface area contributed by atoms with Crippen molar-refractivity contribution in [1.29, 1.82) is 0 Å². The molecule has 0 bridgehead atoms. The van der Waals surface area contributed by atoms with Crippen LogP contribution >= 0.6 is 0 Å². The Hall–Kier alpha value is -2.51. The number of nitrogens with one attached hydrogen (secondary N) is 1. The molecule has 0 radical (unpaired) electrons. The Bertz CT molecular complexity index is 577. The molecule has 0 aliphatic heterocycles. The Balaban J connectivity index is 2.97. The summed E-state index contributed by atoms with van der Waals surface area (Å²) in [5.41, 5.74) is 3.15. The summed E-state index contributed by atoms with van der Waals surface area (Å²) in [5, 5.41) is 26.1. The monoisotopic (exact) mass is 322 g/mol. The first-order valence-corrected chi connectivity index (χ1v) is 7.73. The van der Waals surface area contributed by atoms with Crippen LogP contribution in [0, 0.1) is 20.2 Å². The van der Waals surface area contributed by atoms with E-state index >= 15 is 0 Å². The number of hydrogen-bond donors (Lipinski definition) is 1. The van der Waals surface area contributed by atoms with Gasteiger partial charge in [-0.2, -0.15) is 5.10 Å². The summed E-state index contributed by atoms with van der Waals surface area (Å²) in [6, 6.07) is 3.48. The van der Waals surface area contributed by atoms with E-state index in [1.54, 1.807) is 0 Å². The maximum Gasteiger partial charge on any atom is 0.301 e. The number of nitro benzene ring substituents is 2. The lowest BCUT2D eigenvalue weighted by Crippen LogP contribution is -2.04. The zero-order chi connectivity index (χ0) is 17.2. The molecular weight excluding hydrogens is 300 g/mol. The summed E-state index contributed by atoms with van der Waals surface area (Å²) in [6.45, 7) is 4.18. The molecule has 1 aromatic rings. The van der Waals surface area contributed by atoms with Crippen LogP contribution in [0.15, 0.2) is 23.3 Å². The Morgan fingerprint density at radius 1 is 1.09 bits per heavy atom. The third-order valence-electron chi connectivity index (χ3n) is 3.36. The van der Waals surface area contributed by atoms with Crippen LogP contribution in [0.5, 0.6) is 0 Å². The van der Waals surface area contributed by atoms with E-state index in [2.05, 4.69) is 24.4 Å². The van der Waals surface area contributed by atoms with Gasteiger partial charge in [0.15, 0.2) is 0 Å². The molecule has 126 valence electrons. The second kappa shape index (κ2) is 9.50. The van der Waals surface area contributed by atoms with Crippen LogP contribution in [-0.4, -0.2) is 15.6 Å². The van der Waals surface area contributed by atoms with Gasteiger partial charge in [-0.05, 0) is 31.7 Å². The second-order valence-corrected chi connectivity index (χ2v) is 5.21. The highest BCUT2D eigenvalue weighted by molar-refractivity contribution is 5.85. The molecule has 8 nitrogen and oxygen atoms in total. The fourth-order valence-corrected chi connectivity index (χ4v) is 2.02. The third kappa shape index (κ3) is 6.01. The maximum absolute atomic E-state index is 11.1. The quantitative estimate of drug-likeness (QED) is 0.383. The molecule has 0 fully saturated rings. The number of benzene rings is 1. The lowest BCUT2D eigenvalue weighted by atomic mass is 10.1. The van der Waals surface area contributed by atoms with E-state index in [1.807, 2.05) is 0 Å². The van der Waals surface area contributed by atoms with Crippen LogP contribution in [0.1, 0.15) is 52.4 Å². The molecule has 1 N–H and O–H groups in total. The van der Waals surface area contributed by atoms with Crippen molar-refractivity contribution in [2.45, 2.75) is 52.4 Å². The molecule has 0 aliphatic carbocycles. The molecule has 0 amide bonds. The number of anilines is 1. The van der Waals surface area contributed by atoms with Gasteiger partial charge in [-0.1, -0.05) is 26.7 Å². The molecule has 0 saturated carbocycles. The van der Waals surface area contributed by atoms with Gasteiger partial charge in [0, 0.05) is 11.8 Å². The molecule has 8 heteroatoms. The number of non-ortho nitro benzene ring substituents is 1. The highest BCUT2D eigenvalue weighted by Crippen LogP contribution is 2.29. The van der Waals surface area contributed by atoms with Gasteiger partial charge >= 0.3 is 5.69 Å². The van der Waals surface area contributed by atoms with Gasteiger partial charge < -0.3 is 0 Å². The van der Waals surface area contributed by atoms with Gasteiger partial charge in [0.2, 0.25) is 0 Å². The Morgan fingerprint density at radius 3 is 2.17 bits per heavy atom. The fraction of sp³-hybridized carbons (Fsp3) is 0.533. The van der Waals surface area contributed by atoms with Crippen LogP contribution in [0.4, 0.5) is 17.1 Å². The Labute approximate surface area is 134 Å². The van der Waals surface area contributed by atoms with Crippen LogP contribution < -0.4 is 5.43 Å². The summed E-state index contributed by atoms with van der Waals surface area (Å²) in [4.78, 5) is 20.5. The van der Waals surface area contributed by atoms with Crippen molar-refractivity contribution in [3.8, 4) is 0 Å². The van der Waals surface area contributed by atoms with E-state index in [0.717, 1.165) is 50.3 Å². The average molecular weight is 322 g/mol. The summed E-state index contributed by atoms with van der Waals surface area (Å²) < 4.78 is 0. The molecule has 1 rings (SSSR count). The third-order valence-corrected chi connectivity index (χ3v) is 3.36. The number of unbranched alkanes of at least 4 members (excludes halogenated alkanes) is 2. The number of nitro groups is 2. The predicted molar refractivity (Wildman–Crippen MR) is 89.9 cm³/mol. The van der Waals surface area contributed by atoms with Crippen molar-refractivity contribution in [1.82, 2.24) is 0 Å². The molecule has 0 unspecified atom stereocenters. The largest absolute Gasteiger partial charge is 0.301 e. The van der Waals surface area contributed by atoms with Crippen molar-refractivity contribution in [3.05, 3.63) is 38.4 Å². The van der Waals surface area contributed by atoms with Crippen molar-refractivity contribution < 1.29 is 9.85 Å². The van der Waals surface area contributed by atoms with Crippen LogP contribution in [0.3, 0.4) is 0 Å². The van der Waals surface area contributed by atoms with Gasteiger partial charge in [-0.15, -0.1) is 0 Å². The van der Waals surface area contributed by atoms with E-state index in [1.165, 1.54) is 12.1 Å². The van der Waals surface area contributed by atoms with Gasteiger partial charge in [0.1, 0.15) is 5.69 Å². The number of hydrogen-bond acceptors (Lipinski definition) is 6. The van der Waals surface area contributed by atoms with Crippen LogP contribution in [-0.2, 0) is 0 Å². The highest BCUT2D eigenvalue weighted by atomic mass is 16.6. The Kier molecular flexibility index (Phi) is 7.65. The van der Waals surface area contributed by atoms with Crippen molar-refractivity contribution in [3.63, 3.8) is 0 Å². The molecule has 0 saturated heterocycles. The number of hydrazone groups is 1. The summed E-state index contributed by atoms with van der Waals surface area (Å²) >= 11 is 0. The first-order chi connectivity index (χ1) is 11.0. The smallest absolute Gasteiger partial charge is 0.272 e.